The van der Waals surface area contributed by atoms with Crippen LogP contribution in [0.3, 0.4) is 0 Å². The van der Waals surface area contributed by atoms with Crippen molar-refractivity contribution in [2.45, 2.75) is 12.8 Å². The topological polar surface area (TPSA) is 24.6 Å². The van der Waals surface area contributed by atoms with Gasteiger partial charge in [0.2, 0.25) is 0 Å². The number of nitrogens with zero attached hydrogens (tertiary/aromatic N) is 3. The monoisotopic (exact) mass is 669 g/mol. The number of furan rings is 1. The van der Waals surface area contributed by atoms with Gasteiger partial charge in [-0.3, -0.25) is 0 Å². The molecule has 0 atom stereocenters. The standard InChI is InChI=1S/C48H35N3O/c1-4-15-34(16-5-1)49(35-17-6-2-7-18-35)39-21-14-22-40(33-39)50(36-19-8-3-9-20-36)37-27-29-38(30-28-37)51-44-25-12-10-24-43(44)47-45(51)32-31-42-41-23-11-13-26-46(41)52-48(42)47/h1-6,8-17,19-33H,7,18H2. The summed E-state index contributed by atoms with van der Waals surface area (Å²) in [6, 6.07) is 60.5. The first-order chi connectivity index (χ1) is 25.8. The summed E-state index contributed by atoms with van der Waals surface area (Å²) < 4.78 is 8.89. The van der Waals surface area contributed by atoms with Gasteiger partial charge in [-0.25, -0.2) is 0 Å². The van der Waals surface area contributed by atoms with E-state index in [-0.39, 0.29) is 0 Å². The molecule has 4 heteroatoms. The smallest absolute Gasteiger partial charge is 0.145 e. The lowest BCUT2D eigenvalue weighted by Crippen LogP contribution is -2.18. The third-order valence-electron chi connectivity index (χ3n) is 10.2. The second-order valence-corrected chi connectivity index (χ2v) is 13.3. The lowest BCUT2D eigenvalue weighted by atomic mass is 10.1. The Bertz CT molecular complexity index is 2790. The fraction of sp³-hybridized carbons (Fsp3) is 0.0417. The molecule has 1 aliphatic rings. The highest BCUT2D eigenvalue weighted by atomic mass is 16.3. The van der Waals surface area contributed by atoms with Crippen LogP contribution in [0.5, 0.6) is 0 Å². The highest BCUT2D eigenvalue weighted by molar-refractivity contribution is 6.23. The molecule has 0 amide bonds. The first kappa shape index (κ1) is 30.1. The molecule has 0 spiro atoms. The number of aromatic nitrogens is 1. The van der Waals surface area contributed by atoms with Crippen LogP contribution < -0.4 is 9.80 Å². The van der Waals surface area contributed by atoms with Crippen LogP contribution in [0.2, 0.25) is 0 Å². The predicted octanol–water partition coefficient (Wildman–Crippen LogP) is 13.5. The first-order valence-corrected chi connectivity index (χ1v) is 17.9. The molecule has 0 bridgehead atoms. The summed E-state index contributed by atoms with van der Waals surface area (Å²) in [7, 11) is 0. The van der Waals surface area contributed by atoms with Crippen LogP contribution in [0.4, 0.5) is 28.4 Å². The quantitative estimate of drug-likeness (QED) is 0.169. The number of fused-ring (bicyclic) bond motifs is 7. The van der Waals surface area contributed by atoms with Gasteiger partial charge in [0.15, 0.2) is 0 Å². The minimum atomic E-state index is 0.912. The average Bonchev–Trinajstić information content (AvgIpc) is 3.76. The molecule has 0 radical (unpaired) electrons. The summed E-state index contributed by atoms with van der Waals surface area (Å²) in [4.78, 5) is 4.73. The Morgan fingerprint density at radius 1 is 0.481 bits per heavy atom. The van der Waals surface area contributed by atoms with E-state index in [1.54, 1.807) is 0 Å². The second-order valence-electron chi connectivity index (χ2n) is 13.3. The molecule has 10 rings (SSSR count). The van der Waals surface area contributed by atoms with Crippen molar-refractivity contribution >= 4 is 72.2 Å². The van der Waals surface area contributed by atoms with E-state index in [1.165, 1.54) is 11.1 Å². The number of hydrogen-bond donors (Lipinski definition) is 0. The molecule has 0 saturated carbocycles. The van der Waals surface area contributed by atoms with Crippen molar-refractivity contribution in [3.05, 3.63) is 194 Å². The van der Waals surface area contributed by atoms with E-state index >= 15 is 0 Å². The van der Waals surface area contributed by atoms with Gasteiger partial charge in [-0.1, -0.05) is 91.0 Å². The Morgan fingerprint density at radius 2 is 1.12 bits per heavy atom. The number of allylic oxidation sites excluding steroid dienone is 4. The Hall–Kier alpha value is -6.78. The molecule has 7 aromatic carbocycles. The number of anilines is 5. The lowest BCUT2D eigenvalue weighted by Gasteiger charge is -2.31. The van der Waals surface area contributed by atoms with Crippen molar-refractivity contribution in [3.63, 3.8) is 0 Å². The predicted molar refractivity (Wildman–Crippen MR) is 218 cm³/mol. The largest absolute Gasteiger partial charge is 0.455 e. The van der Waals surface area contributed by atoms with E-state index in [0.29, 0.717) is 0 Å². The number of benzene rings is 7. The molecular weight excluding hydrogens is 635 g/mol. The summed E-state index contributed by atoms with van der Waals surface area (Å²) in [5.41, 5.74) is 12.1. The van der Waals surface area contributed by atoms with Crippen molar-refractivity contribution in [3.8, 4) is 5.69 Å². The Balaban J connectivity index is 1.10. The van der Waals surface area contributed by atoms with E-state index in [9.17, 15) is 0 Å². The average molecular weight is 670 g/mol. The molecule has 0 aliphatic heterocycles. The van der Waals surface area contributed by atoms with E-state index in [2.05, 4.69) is 196 Å². The molecule has 0 N–H and O–H groups in total. The number of hydrogen-bond acceptors (Lipinski definition) is 3. The third kappa shape index (κ3) is 4.99. The maximum Gasteiger partial charge on any atom is 0.145 e. The van der Waals surface area contributed by atoms with Gasteiger partial charge < -0.3 is 18.8 Å². The molecule has 0 unspecified atom stereocenters. The van der Waals surface area contributed by atoms with Gasteiger partial charge in [-0.2, -0.15) is 0 Å². The highest BCUT2D eigenvalue weighted by Crippen LogP contribution is 2.42. The van der Waals surface area contributed by atoms with E-state index in [1.807, 2.05) is 6.07 Å². The maximum absolute atomic E-state index is 6.53. The van der Waals surface area contributed by atoms with Crippen LogP contribution >= 0.6 is 0 Å². The van der Waals surface area contributed by atoms with Gasteiger partial charge in [0, 0.05) is 56.0 Å². The maximum atomic E-state index is 6.53. The van der Waals surface area contributed by atoms with Gasteiger partial charge >= 0.3 is 0 Å². The zero-order valence-electron chi connectivity index (χ0n) is 28.6. The van der Waals surface area contributed by atoms with Crippen molar-refractivity contribution < 1.29 is 4.42 Å². The fourth-order valence-electron chi connectivity index (χ4n) is 7.89. The van der Waals surface area contributed by atoms with Crippen LogP contribution in [0.25, 0.3) is 49.4 Å². The molecule has 52 heavy (non-hydrogen) atoms. The van der Waals surface area contributed by atoms with Crippen molar-refractivity contribution in [1.82, 2.24) is 4.57 Å². The van der Waals surface area contributed by atoms with Crippen LogP contribution in [0.15, 0.2) is 198 Å². The molecule has 4 nitrogen and oxygen atoms in total. The molecule has 9 aromatic rings. The molecule has 0 saturated heterocycles. The van der Waals surface area contributed by atoms with Crippen LogP contribution in [-0.4, -0.2) is 4.57 Å². The van der Waals surface area contributed by atoms with Crippen molar-refractivity contribution in [2.24, 2.45) is 0 Å². The fourth-order valence-corrected chi connectivity index (χ4v) is 7.89. The molecule has 0 fully saturated rings. The summed E-state index contributed by atoms with van der Waals surface area (Å²) in [6.07, 6.45) is 8.68. The molecule has 2 heterocycles. The van der Waals surface area contributed by atoms with Crippen molar-refractivity contribution in [2.75, 3.05) is 9.80 Å². The van der Waals surface area contributed by atoms with Gasteiger partial charge in [0.05, 0.1) is 16.4 Å². The summed E-state index contributed by atoms with van der Waals surface area (Å²) >= 11 is 0. The molecule has 1 aliphatic carbocycles. The lowest BCUT2D eigenvalue weighted by molar-refractivity contribution is 0.673. The molecule has 2 aromatic heterocycles. The zero-order valence-corrected chi connectivity index (χ0v) is 28.6. The van der Waals surface area contributed by atoms with Gasteiger partial charge in [-0.15, -0.1) is 0 Å². The van der Waals surface area contributed by atoms with Crippen LogP contribution in [0.1, 0.15) is 12.8 Å². The van der Waals surface area contributed by atoms with Gasteiger partial charge in [0.25, 0.3) is 0 Å². The summed E-state index contributed by atoms with van der Waals surface area (Å²) in [5, 5.41) is 4.61. The molecular formula is C48H35N3O. The highest BCUT2D eigenvalue weighted by Gasteiger charge is 2.21. The molecule has 248 valence electrons. The Kier molecular flexibility index (Phi) is 7.24. The summed E-state index contributed by atoms with van der Waals surface area (Å²) in [5.74, 6) is 0. The van der Waals surface area contributed by atoms with E-state index < -0.39 is 0 Å². The van der Waals surface area contributed by atoms with Gasteiger partial charge in [-0.05, 0) is 110 Å². The zero-order chi connectivity index (χ0) is 34.4. The second kappa shape index (κ2) is 12.5. The Labute approximate surface area is 302 Å². The van der Waals surface area contributed by atoms with Crippen LogP contribution in [0, 0.1) is 0 Å². The number of para-hydroxylation sites is 4. The summed E-state index contributed by atoms with van der Waals surface area (Å²) in [6.45, 7) is 0. The number of rotatable bonds is 7. The third-order valence-corrected chi connectivity index (χ3v) is 10.2. The Morgan fingerprint density at radius 3 is 1.87 bits per heavy atom. The van der Waals surface area contributed by atoms with Gasteiger partial charge in [0.1, 0.15) is 11.2 Å². The minimum Gasteiger partial charge on any atom is -0.455 e. The first-order valence-electron chi connectivity index (χ1n) is 17.9. The minimum absolute atomic E-state index is 0.912. The van der Waals surface area contributed by atoms with E-state index in [4.69, 9.17) is 4.42 Å². The SMILES string of the molecule is C1=CCCC(N(c2ccccc2)c2cccc(N(c3ccccc3)c3ccc(-n4c5ccccc5c5c6oc7ccccc7c6ccc54)cc3)c2)=C1. The van der Waals surface area contributed by atoms with E-state index in [0.717, 1.165) is 85.3 Å². The normalized spacial score (nSPS) is 12.9. The van der Waals surface area contributed by atoms with Crippen molar-refractivity contribution in [1.29, 1.82) is 0 Å². The van der Waals surface area contributed by atoms with Crippen LogP contribution in [-0.2, 0) is 0 Å².